The summed E-state index contributed by atoms with van der Waals surface area (Å²) in [7, 11) is 0. The number of carbonyl (C=O) groups excluding carboxylic acids is 1. The van der Waals surface area contributed by atoms with Crippen LogP contribution in [0.1, 0.15) is 28.9 Å². The Labute approximate surface area is 102 Å². The van der Waals surface area contributed by atoms with Crippen LogP contribution in [0.2, 0.25) is 0 Å². The molecule has 0 aliphatic carbocycles. The molecule has 1 aliphatic rings. The predicted molar refractivity (Wildman–Crippen MR) is 67.9 cm³/mol. The third kappa shape index (κ3) is 1.27. The average molecular weight is 278 g/mol. The van der Waals surface area contributed by atoms with Gasteiger partial charge in [0.05, 0.1) is 5.52 Å². The lowest BCUT2D eigenvalue weighted by Crippen LogP contribution is -2.18. The highest BCUT2D eigenvalue weighted by atomic mass is 79.9. The SMILES string of the molecule is Cc1c2n(c3ccc(Br)cc13)C(=O)CCC2. The molecule has 0 unspecified atom stereocenters. The van der Waals surface area contributed by atoms with E-state index in [-0.39, 0.29) is 5.91 Å². The minimum atomic E-state index is 0.238. The number of rotatable bonds is 0. The van der Waals surface area contributed by atoms with Crippen molar-refractivity contribution in [2.24, 2.45) is 0 Å². The molecule has 2 heterocycles. The molecule has 3 heteroatoms. The summed E-state index contributed by atoms with van der Waals surface area (Å²) in [6.45, 7) is 2.11. The number of aromatic nitrogens is 1. The van der Waals surface area contributed by atoms with Crippen LogP contribution in [0.15, 0.2) is 22.7 Å². The number of nitrogens with zero attached hydrogens (tertiary/aromatic N) is 1. The van der Waals surface area contributed by atoms with Crippen molar-refractivity contribution in [1.29, 1.82) is 0 Å². The monoisotopic (exact) mass is 277 g/mol. The average Bonchev–Trinajstić information content (AvgIpc) is 2.55. The maximum absolute atomic E-state index is 11.9. The minimum Gasteiger partial charge on any atom is -0.284 e. The molecular weight excluding hydrogens is 266 g/mol. The second-order valence-electron chi connectivity index (χ2n) is 4.32. The predicted octanol–water partition coefficient (Wildman–Crippen LogP) is 3.69. The van der Waals surface area contributed by atoms with Gasteiger partial charge in [0.1, 0.15) is 0 Å². The van der Waals surface area contributed by atoms with Crippen molar-refractivity contribution in [3.8, 4) is 0 Å². The Hall–Kier alpha value is -1.09. The fourth-order valence-electron chi connectivity index (χ4n) is 2.58. The number of benzene rings is 1. The molecule has 82 valence electrons. The molecular formula is C13H12BrNO. The summed E-state index contributed by atoms with van der Waals surface area (Å²) in [6, 6.07) is 6.12. The number of carbonyl (C=O) groups is 1. The van der Waals surface area contributed by atoms with Gasteiger partial charge in [-0.1, -0.05) is 15.9 Å². The third-order valence-corrected chi connectivity index (χ3v) is 3.85. The van der Waals surface area contributed by atoms with E-state index in [1.54, 1.807) is 0 Å². The van der Waals surface area contributed by atoms with Gasteiger partial charge in [-0.05, 0) is 43.5 Å². The van der Waals surface area contributed by atoms with Crippen molar-refractivity contribution >= 4 is 32.7 Å². The lowest BCUT2D eigenvalue weighted by atomic mass is 10.1. The minimum absolute atomic E-state index is 0.238. The van der Waals surface area contributed by atoms with Crippen molar-refractivity contribution in [3.63, 3.8) is 0 Å². The Balaban J connectivity index is 2.44. The summed E-state index contributed by atoms with van der Waals surface area (Å²) < 4.78 is 2.97. The molecule has 16 heavy (non-hydrogen) atoms. The summed E-state index contributed by atoms with van der Waals surface area (Å²) in [4.78, 5) is 11.9. The molecule has 0 fully saturated rings. The fourth-order valence-corrected chi connectivity index (χ4v) is 2.94. The maximum Gasteiger partial charge on any atom is 0.231 e. The van der Waals surface area contributed by atoms with Crippen LogP contribution in [0.3, 0.4) is 0 Å². The van der Waals surface area contributed by atoms with Gasteiger partial charge in [0, 0.05) is 22.0 Å². The maximum atomic E-state index is 11.9. The van der Waals surface area contributed by atoms with Crippen molar-refractivity contribution < 1.29 is 4.79 Å². The van der Waals surface area contributed by atoms with E-state index in [2.05, 4.69) is 28.9 Å². The van der Waals surface area contributed by atoms with Gasteiger partial charge in [-0.3, -0.25) is 9.36 Å². The van der Waals surface area contributed by atoms with E-state index in [1.807, 2.05) is 16.7 Å². The van der Waals surface area contributed by atoms with Gasteiger partial charge in [0.15, 0.2) is 0 Å². The number of hydrogen-bond donors (Lipinski definition) is 0. The van der Waals surface area contributed by atoms with Crippen LogP contribution in [0.5, 0.6) is 0 Å². The first-order valence-corrected chi connectivity index (χ1v) is 6.30. The van der Waals surface area contributed by atoms with Crippen molar-refractivity contribution in [2.45, 2.75) is 26.2 Å². The number of hydrogen-bond acceptors (Lipinski definition) is 1. The van der Waals surface area contributed by atoms with Gasteiger partial charge in [-0.15, -0.1) is 0 Å². The quantitative estimate of drug-likeness (QED) is 0.720. The van der Waals surface area contributed by atoms with E-state index in [0.29, 0.717) is 6.42 Å². The summed E-state index contributed by atoms with van der Waals surface area (Å²) >= 11 is 3.48. The topological polar surface area (TPSA) is 22.0 Å². The molecule has 1 aromatic carbocycles. The zero-order chi connectivity index (χ0) is 11.3. The molecule has 3 rings (SSSR count). The van der Waals surface area contributed by atoms with E-state index >= 15 is 0 Å². The van der Waals surface area contributed by atoms with E-state index < -0.39 is 0 Å². The lowest BCUT2D eigenvalue weighted by Gasteiger charge is -2.14. The molecule has 1 aromatic heterocycles. The second-order valence-corrected chi connectivity index (χ2v) is 5.23. The van der Waals surface area contributed by atoms with Crippen LogP contribution < -0.4 is 0 Å². The van der Waals surface area contributed by atoms with Gasteiger partial charge in [0.25, 0.3) is 0 Å². The molecule has 2 nitrogen and oxygen atoms in total. The Morgan fingerprint density at radius 1 is 1.31 bits per heavy atom. The first-order valence-electron chi connectivity index (χ1n) is 5.51. The highest BCUT2D eigenvalue weighted by Gasteiger charge is 2.22. The van der Waals surface area contributed by atoms with Crippen LogP contribution in [-0.4, -0.2) is 10.5 Å². The smallest absolute Gasteiger partial charge is 0.231 e. The first-order chi connectivity index (χ1) is 7.68. The van der Waals surface area contributed by atoms with Gasteiger partial charge in [0.2, 0.25) is 5.91 Å². The highest BCUT2D eigenvalue weighted by Crippen LogP contribution is 2.31. The van der Waals surface area contributed by atoms with Gasteiger partial charge >= 0.3 is 0 Å². The van der Waals surface area contributed by atoms with E-state index in [4.69, 9.17) is 0 Å². The fraction of sp³-hybridized carbons (Fsp3) is 0.308. The first kappa shape index (κ1) is 10.1. The van der Waals surface area contributed by atoms with E-state index in [9.17, 15) is 4.79 Å². The summed E-state index contributed by atoms with van der Waals surface area (Å²) in [6.07, 6.45) is 2.67. The Kier molecular flexibility index (Phi) is 2.18. The molecule has 0 saturated heterocycles. The molecule has 0 saturated carbocycles. The van der Waals surface area contributed by atoms with Gasteiger partial charge in [-0.2, -0.15) is 0 Å². The molecule has 0 amide bonds. The Morgan fingerprint density at radius 2 is 2.12 bits per heavy atom. The zero-order valence-corrected chi connectivity index (χ0v) is 10.7. The number of fused-ring (bicyclic) bond motifs is 3. The van der Waals surface area contributed by atoms with Crippen LogP contribution in [0.4, 0.5) is 0 Å². The van der Waals surface area contributed by atoms with E-state index in [1.165, 1.54) is 16.6 Å². The number of halogens is 1. The molecule has 1 aliphatic heterocycles. The Bertz CT molecular complexity index is 597. The summed E-state index contributed by atoms with van der Waals surface area (Å²) in [5, 5.41) is 1.19. The lowest BCUT2D eigenvalue weighted by molar-refractivity contribution is 0.0889. The van der Waals surface area contributed by atoms with Crippen LogP contribution in [-0.2, 0) is 6.42 Å². The van der Waals surface area contributed by atoms with Crippen molar-refractivity contribution in [2.75, 3.05) is 0 Å². The standard InChI is InChI=1S/C13H12BrNO/c1-8-10-7-9(14)5-6-12(10)15-11(8)3-2-4-13(15)16/h5-7H,2-4H2,1H3. The van der Waals surface area contributed by atoms with Crippen molar-refractivity contribution in [3.05, 3.63) is 33.9 Å². The second kappa shape index (κ2) is 3.45. The third-order valence-electron chi connectivity index (χ3n) is 3.36. The Morgan fingerprint density at radius 3 is 2.94 bits per heavy atom. The van der Waals surface area contributed by atoms with Crippen LogP contribution in [0, 0.1) is 6.92 Å². The highest BCUT2D eigenvalue weighted by molar-refractivity contribution is 9.10. The largest absolute Gasteiger partial charge is 0.284 e. The molecule has 0 spiro atoms. The molecule has 0 bridgehead atoms. The normalized spacial score (nSPS) is 15.5. The molecule has 0 atom stereocenters. The molecule has 0 N–H and O–H groups in total. The summed E-state index contributed by atoms with van der Waals surface area (Å²) in [5.74, 6) is 0.238. The van der Waals surface area contributed by atoms with Gasteiger partial charge in [-0.25, -0.2) is 0 Å². The zero-order valence-electron chi connectivity index (χ0n) is 9.09. The van der Waals surface area contributed by atoms with Crippen LogP contribution >= 0.6 is 15.9 Å². The van der Waals surface area contributed by atoms with Crippen LogP contribution in [0.25, 0.3) is 10.9 Å². The molecule has 2 aromatic rings. The van der Waals surface area contributed by atoms with E-state index in [0.717, 1.165) is 22.8 Å². The van der Waals surface area contributed by atoms with Gasteiger partial charge < -0.3 is 0 Å². The summed E-state index contributed by atoms with van der Waals surface area (Å²) in [5.41, 5.74) is 3.51. The number of aryl methyl sites for hydroxylation is 1. The van der Waals surface area contributed by atoms with Crippen molar-refractivity contribution in [1.82, 2.24) is 4.57 Å². The molecule has 0 radical (unpaired) electrons.